The number of hydrogen-bond donors (Lipinski definition) is 1. The van der Waals surface area contributed by atoms with Gasteiger partial charge in [-0.05, 0) is 0 Å². The average molecular weight is 507 g/mol. The number of aromatic nitrogens is 4. The first-order valence-electron chi connectivity index (χ1n) is 8.13. The molecule has 0 aliphatic carbocycles. The fourth-order valence-corrected chi connectivity index (χ4v) is 3.60. The molecule has 6 heteroatoms. The Morgan fingerprint density at radius 1 is 1.12 bits per heavy atom. The van der Waals surface area contributed by atoms with Crippen molar-refractivity contribution in [1.29, 1.82) is 0 Å². The molecular weight excluding hydrogens is 486 g/mol. The molecule has 24 heavy (non-hydrogen) atoms. The monoisotopic (exact) mass is 507 g/mol. The molecule has 130 valence electrons. The summed E-state index contributed by atoms with van der Waals surface area (Å²) in [6.07, 6.45) is 8.61. The molecule has 0 saturated heterocycles. The van der Waals surface area contributed by atoms with Crippen LogP contribution in [0.4, 0.5) is 4.39 Å². The quantitative estimate of drug-likeness (QED) is 0.484. The molecule has 0 fully saturated rings. The van der Waals surface area contributed by atoms with Crippen LogP contribution in [0, 0.1) is 16.5 Å². The molecule has 3 aromatic rings. The molecule has 0 unspecified atom stereocenters. The Balaban J connectivity index is 1.51. The van der Waals surface area contributed by atoms with Gasteiger partial charge in [-0.15, -0.1) is 0 Å². The maximum absolute atomic E-state index is 13.0. The Bertz CT molecular complexity index is 845. The third kappa shape index (κ3) is 4.21. The Hall–Kier alpha value is -1.74. The normalized spacial score (nSPS) is 11.2. The third-order valence-corrected chi connectivity index (χ3v) is 5.19. The van der Waals surface area contributed by atoms with Gasteiger partial charge >= 0.3 is 152 Å². The van der Waals surface area contributed by atoms with Crippen LogP contribution in [0.3, 0.4) is 0 Å². The maximum atomic E-state index is 13.0. The molecule has 0 aliphatic heterocycles. The number of benzene rings is 1. The van der Waals surface area contributed by atoms with E-state index in [-0.39, 0.29) is 5.82 Å². The summed E-state index contributed by atoms with van der Waals surface area (Å²) in [5.41, 5.74) is 3.25. The van der Waals surface area contributed by atoms with Gasteiger partial charge in [-0.1, -0.05) is 0 Å². The predicted octanol–water partition coefficient (Wildman–Crippen LogP) is 3.94. The Kier molecular flexibility index (Phi) is 5.62. The van der Waals surface area contributed by atoms with Crippen LogP contribution < -0.4 is 0 Å². The van der Waals surface area contributed by atoms with Crippen molar-refractivity contribution in [2.75, 3.05) is 0 Å². The number of unbranched alkanes of at least 4 members (excludes halogenated alkanes) is 2. The molecule has 1 aromatic carbocycles. The molecule has 2 aromatic heterocycles. The van der Waals surface area contributed by atoms with Gasteiger partial charge in [0.2, 0.25) is 0 Å². The van der Waals surface area contributed by atoms with Crippen molar-refractivity contribution in [2.45, 2.75) is 39.2 Å². The second-order valence-electron chi connectivity index (χ2n) is 5.93. The summed E-state index contributed by atoms with van der Waals surface area (Å²) in [4.78, 5) is 0. The van der Waals surface area contributed by atoms with Crippen LogP contribution in [-0.2, 0) is 32.3 Å². The van der Waals surface area contributed by atoms with Gasteiger partial charge in [-0.25, -0.2) is 0 Å². The van der Waals surface area contributed by atoms with E-state index in [4.69, 9.17) is 0 Å². The minimum atomic E-state index is -0.207. The molecule has 0 saturated carbocycles. The molecule has 1 N–H and O–H groups in total. The van der Waals surface area contributed by atoms with E-state index in [1.165, 1.54) is 18.6 Å². The van der Waals surface area contributed by atoms with Gasteiger partial charge in [0, 0.05) is 0 Å². The topological polar surface area (TPSA) is 38.5 Å². The zero-order valence-corrected chi connectivity index (χ0v) is 15.9. The van der Waals surface area contributed by atoms with Crippen molar-refractivity contribution in [3.63, 3.8) is 0 Å². The second kappa shape index (κ2) is 7.89. The molecule has 0 aliphatic rings. The van der Waals surface area contributed by atoms with Crippen LogP contribution in [0.5, 0.6) is 0 Å². The van der Waals surface area contributed by atoms with Crippen molar-refractivity contribution in [2.24, 2.45) is 0 Å². The van der Waals surface area contributed by atoms with Gasteiger partial charge < -0.3 is 0 Å². The molecule has 3 rings (SSSR count). The van der Waals surface area contributed by atoms with Crippen LogP contribution in [0.15, 0.2) is 42.7 Å². The summed E-state index contributed by atoms with van der Waals surface area (Å²) >= 11 is 2.32. The van der Waals surface area contributed by atoms with Crippen molar-refractivity contribution >= 4 is 0 Å². The minimum absolute atomic E-state index is 0.207. The van der Waals surface area contributed by atoms with Crippen LogP contribution >= 0.6 is 0 Å². The number of H-pyrrole nitrogens is 1. The van der Waals surface area contributed by atoms with Gasteiger partial charge in [0.25, 0.3) is 0 Å². The molecule has 0 atom stereocenters. The van der Waals surface area contributed by atoms with E-state index in [1.807, 2.05) is 13.1 Å². The Labute approximate surface area is 151 Å². The SMILES string of the molecule is Cc1cc(CCCCCn2ccn(-c3ccc(F)cc3)[c]2=[Pt])n[nH]1. The van der Waals surface area contributed by atoms with Crippen molar-refractivity contribution in [3.8, 4) is 5.69 Å². The number of rotatable bonds is 7. The molecule has 2 heterocycles. The summed E-state index contributed by atoms with van der Waals surface area (Å²) in [6, 6.07) is 8.70. The molecule has 0 spiro atoms. The van der Waals surface area contributed by atoms with Gasteiger partial charge in [0.05, 0.1) is 0 Å². The van der Waals surface area contributed by atoms with Crippen molar-refractivity contribution < 1.29 is 23.7 Å². The fraction of sp³-hybridized carbons (Fsp3) is 0.333. The van der Waals surface area contributed by atoms with E-state index in [0.29, 0.717) is 0 Å². The van der Waals surface area contributed by atoms with Gasteiger partial charge in [-0.2, -0.15) is 0 Å². The summed E-state index contributed by atoms with van der Waals surface area (Å²) in [5.74, 6) is -0.207. The number of nitrogens with zero attached hydrogens (tertiary/aromatic N) is 3. The number of aryl methyl sites for hydroxylation is 3. The first-order chi connectivity index (χ1) is 11.6. The fourth-order valence-electron chi connectivity index (χ4n) is 2.71. The van der Waals surface area contributed by atoms with Gasteiger partial charge in [0.15, 0.2) is 0 Å². The number of halogens is 1. The first kappa shape index (κ1) is 17.1. The zero-order chi connectivity index (χ0) is 16.9. The first-order valence-corrected chi connectivity index (χ1v) is 9.27. The summed E-state index contributed by atoms with van der Waals surface area (Å²) < 4.78 is 18.5. The summed E-state index contributed by atoms with van der Waals surface area (Å²) in [5, 5.41) is 7.25. The summed E-state index contributed by atoms with van der Waals surface area (Å²) in [7, 11) is 0. The van der Waals surface area contributed by atoms with E-state index in [1.54, 1.807) is 12.1 Å². The molecule has 0 amide bonds. The van der Waals surface area contributed by atoms with Crippen LogP contribution in [0.25, 0.3) is 5.69 Å². The van der Waals surface area contributed by atoms with E-state index in [0.717, 1.165) is 46.7 Å². The number of aromatic amines is 1. The third-order valence-electron chi connectivity index (χ3n) is 3.99. The van der Waals surface area contributed by atoms with Gasteiger partial charge in [-0.3, -0.25) is 0 Å². The predicted molar refractivity (Wildman–Crippen MR) is 87.8 cm³/mol. The number of hydrogen-bond acceptors (Lipinski definition) is 1. The Morgan fingerprint density at radius 3 is 2.62 bits per heavy atom. The Morgan fingerprint density at radius 2 is 1.92 bits per heavy atom. The van der Waals surface area contributed by atoms with Crippen LogP contribution in [0.1, 0.15) is 30.7 Å². The van der Waals surface area contributed by atoms with E-state index >= 15 is 0 Å². The second-order valence-corrected chi connectivity index (χ2v) is 6.95. The number of imidazole rings is 1. The average Bonchev–Trinajstić information content (AvgIpc) is 3.14. The molecular formula is C18H21FN4Pt. The summed E-state index contributed by atoms with van der Waals surface area (Å²) in [6.45, 7) is 3.02. The van der Waals surface area contributed by atoms with Crippen LogP contribution in [-0.4, -0.2) is 19.3 Å². The van der Waals surface area contributed by atoms with Gasteiger partial charge in [0.1, 0.15) is 0 Å². The van der Waals surface area contributed by atoms with Crippen molar-refractivity contribution in [3.05, 3.63) is 63.7 Å². The van der Waals surface area contributed by atoms with Crippen LogP contribution in [0.2, 0.25) is 0 Å². The standard InChI is InChI=1S/C18H21FN4.Pt/c1-15-13-17(21-20-15)5-3-2-4-10-22-11-12-23(14-22)18-8-6-16(19)7-9-18;/h6-9,11-13H,2-5,10H2,1H3,(H,20,21);. The van der Waals surface area contributed by atoms with Crippen molar-refractivity contribution in [1.82, 2.24) is 19.3 Å². The molecule has 0 bridgehead atoms. The molecule has 4 nitrogen and oxygen atoms in total. The van der Waals surface area contributed by atoms with E-state index in [2.05, 4.69) is 50.9 Å². The van der Waals surface area contributed by atoms with E-state index in [9.17, 15) is 4.39 Å². The zero-order valence-electron chi connectivity index (χ0n) is 13.6. The molecule has 0 radical (unpaired) electrons. The van der Waals surface area contributed by atoms with E-state index < -0.39 is 0 Å². The number of nitrogens with one attached hydrogen (secondary N) is 1.